The maximum atomic E-state index is 12.1. The van der Waals surface area contributed by atoms with Gasteiger partial charge in [0.25, 0.3) is 5.91 Å². The maximum Gasteiger partial charge on any atom is 0.251 e. The summed E-state index contributed by atoms with van der Waals surface area (Å²) in [4.78, 5) is 16.3. The second-order valence-corrected chi connectivity index (χ2v) is 6.72. The van der Waals surface area contributed by atoms with Crippen molar-refractivity contribution in [2.45, 2.75) is 52.3 Å². The Morgan fingerprint density at radius 1 is 1.23 bits per heavy atom. The highest BCUT2D eigenvalue weighted by Gasteiger charge is 2.16. The summed E-state index contributed by atoms with van der Waals surface area (Å²) >= 11 is 0. The van der Waals surface area contributed by atoms with Gasteiger partial charge < -0.3 is 20.7 Å². The van der Waals surface area contributed by atoms with Gasteiger partial charge in [0.2, 0.25) is 0 Å². The third-order valence-corrected chi connectivity index (χ3v) is 4.12. The van der Waals surface area contributed by atoms with Crippen molar-refractivity contribution < 1.29 is 9.53 Å². The average Bonchev–Trinajstić information content (AvgIpc) is 2.62. The highest BCUT2D eigenvalue weighted by atomic mass is 127. The van der Waals surface area contributed by atoms with Gasteiger partial charge in [-0.1, -0.05) is 19.1 Å². The number of aliphatic imine (C=N–C) groups is 1. The van der Waals surface area contributed by atoms with Gasteiger partial charge in [0, 0.05) is 38.9 Å². The monoisotopic (exact) mass is 476 g/mol. The second kappa shape index (κ2) is 12.1. The topological polar surface area (TPSA) is 74.8 Å². The van der Waals surface area contributed by atoms with Gasteiger partial charge in [-0.2, -0.15) is 0 Å². The summed E-state index contributed by atoms with van der Waals surface area (Å²) in [5, 5.41) is 9.46. The summed E-state index contributed by atoms with van der Waals surface area (Å²) in [6.45, 7) is 9.35. The fourth-order valence-corrected chi connectivity index (χ4v) is 1.96. The highest BCUT2D eigenvalue weighted by molar-refractivity contribution is 14.0. The van der Waals surface area contributed by atoms with Gasteiger partial charge in [-0.25, -0.2) is 0 Å². The minimum absolute atomic E-state index is 0. The Bertz CT molecular complexity index is 573. The molecule has 0 saturated carbocycles. The predicted octanol–water partition coefficient (Wildman–Crippen LogP) is 2.92. The van der Waals surface area contributed by atoms with E-state index in [2.05, 4.69) is 20.9 Å². The predicted molar refractivity (Wildman–Crippen MR) is 118 cm³/mol. The van der Waals surface area contributed by atoms with E-state index in [1.807, 2.05) is 52.0 Å². The van der Waals surface area contributed by atoms with Crippen LogP contribution in [0.3, 0.4) is 0 Å². The molecule has 0 aliphatic heterocycles. The lowest BCUT2D eigenvalue weighted by atomic mass is 10.1. The quantitative estimate of drug-likeness (QED) is 0.307. The summed E-state index contributed by atoms with van der Waals surface area (Å²) < 4.78 is 5.38. The fraction of sp³-hybridized carbons (Fsp3) is 0.579. The Kier molecular flexibility index (Phi) is 11.5. The van der Waals surface area contributed by atoms with Crippen molar-refractivity contribution in [2.24, 2.45) is 4.99 Å². The summed E-state index contributed by atoms with van der Waals surface area (Å²) in [6.07, 6.45) is 0.916. The van der Waals surface area contributed by atoms with Crippen LogP contribution in [0.4, 0.5) is 0 Å². The zero-order chi connectivity index (χ0) is 18.9. The molecule has 0 saturated heterocycles. The van der Waals surface area contributed by atoms with Gasteiger partial charge in [-0.15, -0.1) is 24.0 Å². The van der Waals surface area contributed by atoms with Gasteiger partial charge in [0.15, 0.2) is 5.96 Å². The first-order valence-corrected chi connectivity index (χ1v) is 8.70. The molecule has 0 aromatic heterocycles. The van der Waals surface area contributed by atoms with E-state index in [9.17, 15) is 4.79 Å². The van der Waals surface area contributed by atoms with Crippen molar-refractivity contribution in [1.29, 1.82) is 0 Å². The summed E-state index contributed by atoms with van der Waals surface area (Å²) in [5.74, 6) is 0.678. The molecule has 7 heteroatoms. The van der Waals surface area contributed by atoms with E-state index in [0.29, 0.717) is 24.6 Å². The van der Waals surface area contributed by atoms with E-state index >= 15 is 0 Å². The van der Waals surface area contributed by atoms with Crippen molar-refractivity contribution in [3.8, 4) is 0 Å². The molecule has 0 aliphatic rings. The third kappa shape index (κ3) is 8.84. The lowest BCUT2D eigenvalue weighted by Gasteiger charge is -2.24. The van der Waals surface area contributed by atoms with Crippen LogP contribution in [0.1, 0.15) is 50.0 Å². The molecule has 1 amide bonds. The molecule has 0 bridgehead atoms. The lowest BCUT2D eigenvalue weighted by Crippen LogP contribution is -2.45. The molecule has 0 aliphatic carbocycles. The van der Waals surface area contributed by atoms with E-state index in [1.165, 1.54) is 0 Å². The van der Waals surface area contributed by atoms with Crippen molar-refractivity contribution in [3.05, 3.63) is 35.4 Å². The van der Waals surface area contributed by atoms with Crippen LogP contribution in [0.5, 0.6) is 0 Å². The minimum Gasteiger partial charge on any atom is -0.377 e. The van der Waals surface area contributed by atoms with Gasteiger partial charge >= 0.3 is 0 Å². The summed E-state index contributed by atoms with van der Waals surface area (Å²) in [5.41, 5.74) is 1.49. The van der Waals surface area contributed by atoms with Crippen molar-refractivity contribution >= 4 is 35.8 Å². The average molecular weight is 476 g/mol. The first-order chi connectivity index (χ1) is 11.8. The van der Waals surface area contributed by atoms with Crippen LogP contribution >= 0.6 is 24.0 Å². The van der Waals surface area contributed by atoms with E-state index in [1.54, 1.807) is 14.2 Å². The molecule has 0 radical (unpaired) electrons. The first kappa shape index (κ1) is 24.7. The number of benzene rings is 1. The number of ether oxygens (including phenoxy) is 1. The number of halogens is 1. The standard InChI is InChI=1S/C19H32N4O2.HI/c1-7-14(2)23-17(24)16-10-8-15(9-11-16)12-21-18(20-5)22-13-19(3,4)25-6;/h8-11,14H,7,12-13H2,1-6H3,(H,23,24)(H2,20,21,22);1H. The lowest BCUT2D eigenvalue weighted by molar-refractivity contribution is 0.0268. The molecular weight excluding hydrogens is 443 g/mol. The molecule has 1 rings (SSSR count). The third-order valence-electron chi connectivity index (χ3n) is 4.12. The normalized spacial score (nSPS) is 12.8. The molecule has 1 aromatic rings. The Morgan fingerprint density at radius 2 is 1.85 bits per heavy atom. The zero-order valence-electron chi connectivity index (χ0n) is 16.7. The number of hydrogen-bond donors (Lipinski definition) is 3. The molecular formula is C19H33IN4O2. The highest BCUT2D eigenvalue weighted by Crippen LogP contribution is 2.06. The number of carbonyl (C=O) groups excluding carboxylic acids is 1. The number of nitrogens with one attached hydrogen (secondary N) is 3. The van der Waals surface area contributed by atoms with Gasteiger partial charge in [0.1, 0.15) is 0 Å². The summed E-state index contributed by atoms with van der Waals surface area (Å²) in [7, 11) is 3.42. The Balaban J connectivity index is 0.00000625. The molecule has 1 atom stereocenters. The van der Waals surface area contributed by atoms with Crippen molar-refractivity contribution in [3.63, 3.8) is 0 Å². The van der Waals surface area contributed by atoms with E-state index in [4.69, 9.17) is 4.74 Å². The summed E-state index contributed by atoms with van der Waals surface area (Å²) in [6, 6.07) is 7.77. The van der Waals surface area contributed by atoms with E-state index in [-0.39, 0.29) is 41.5 Å². The molecule has 1 unspecified atom stereocenters. The zero-order valence-corrected chi connectivity index (χ0v) is 19.0. The number of carbonyl (C=O) groups is 1. The van der Waals surface area contributed by atoms with Crippen molar-refractivity contribution in [2.75, 3.05) is 20.7 Å². The Labute approximate surface area is 174 Å². The molecule has 0 fully saturated rings. The number of amides is 1. The SMILES string of the molecule is CCC(C)NC(=O)c1ccc(CNC(=NC)NCC(C)(C)OC)cc1.I. The van der Waals surface area contributed by atoms with Crippen LogP contribution in [0.15, 0.2) is 29.3 Å². The molecule has 0 heterocycles. The first-order valence-electron chi connectivity index (χ1n) is 8.70. The van der Waals surface area contributed by atoms with Crippen LogP contribution in [-0.4, -0.2) is 44.2 Å². The van der Waals surface area contributed by atoms with Crippen LogP contribution in [0.2, 0.25) is 0 Å². The molecule has 6 nitrogen and oxygen atoms in total. The van der Waals surface area contributed by atoms with E-state index in [0.717, 1.165) is 12.0 Å². The van der Waals surface area contributed by atoms with Gasteiger partial charge in [-0.05, 0) is 44.9 Å². The second-order valence-electron chi connectivity index (χ2n) is 6.72. The van der Waals surface area contributed by atoms with E-state index < -0.39 is 0 Å². The number of nitrogens with zero attached hydrogens (tertiary/aromatic N) is 1. The number of rotatable bonds is 8. The molecule has 3 N–H and O–H groups in total. The Morgan fingerprint density at radius 3 is 2.35 bits per heavy atom. The molecule has 148 valence electrons. The number of guanidine groups is 1. The van der Waals surface area contributed by atoms with Gasteiger partial charge in [0.05, 0.1) is 5.60 Å². The van der Waals surface area contributed by atoms with Gasteiger partial charge in [-0.3, -0.25) is 9.79 Å². The van der Waals surface area contributed by atoms with Crippen LogP contribution in [0, 0.1) is 0 Å². The smallest absolute Gasteiger partial charge is 0.251 e. The largest absolute Gasteiger partial charge is 0.377 e. The molecule has 1 aromatic carbocycles. The molecule has 0 spiro atoms. The molecule has 26 heavy (non-hydrogen) atoms. The van der Waals surface area contributed by atoms with Crippen LogP contribution in [0.25, 0.3) is 0 Å². The Hall–Kier alpha value is -1.35. The van der Waals surface area contributed by atoms with Crippen LogP contribution < -0.4 is 16.0 Å². The maximum absolute atomic E-state index is 12.1. The van der Waals surface area contributed by atoms with Crippen LogP contribution in [-0.2, 0) is 11.3 Å². The number of methoxy groups -OCH3 is 1. The number of hydrogen-bond acceptors (Lipinski definition) is 3. The fourth-order valence-electron chi connectivity index (χ4n) is 1.96. The van der Waals surface area contributed by atoms with Crippen molar-refractivity contribution in [1.82, 2.24) is 16.0 Å². The minimum atomic E-state index is -0.262.